The Labute approximate surface area is 199 Å². The fourth-order valence-corrected chi connectivity index (χ4v) is 3.79. The first kappa shape index (κ1) is 23.2. The van der Waals surface area contributed by atoms with Crippen LogP contribution in [0.4, 0.5) is 5.69 Å². The van der Waals surface area contributed by atoms with Crippen LogP contribution in [0, 0.1) is 0 Å². The first-order chi connectivity index (χ1) is 16.5. The molecule has 4 rings (SSSR count). The molecular weight excluding hydrogens is 432 g/mol. The predicted octanol–water partition coefficient (Wildman–Crippen LogP) is 4.06. The van der Waals surface area contributed by atoms with Crippen LogP contribution >= 0.6 is 0 Å². The molecule has 3 aromatic rings. The lowest BCUT2D eigenvalue weighted by Gasteiger charge is -2.22. The number of methoxy groups -OCH3 is 1. The third-order valence-corrected chi connectivity index (χ3v) is 5.61. The van der Waals surface area contributed by atoms with Gasteiger partial charge in [0.15, 0.2) is 12.7 Å². The maximum atomic E-state index is 12.9. The molecule has 1 aliphatic rings. The summed E-state index contributed by atoms with van der Waals surface area (Å²) in [5, 5.41) is 2.85. The summed E-state index contributed by atoms with van der Waals surface area (Å²) in [5.41, 5.74) is 2.58. The smallest absolute Gasteiger partial charge is 0.263 e. The normalized spacial score (nSPS) is 15.1. The summed E-state index contributed by atoms with van der Waals surface area (Å²) >= 11 is 0. The number of fused-ring (bicyclic) bond motifs is 1. The SMILES string of the molecule is COc1ccc(CCN2Cc3cc(NC(=O)COc4ccccc4)ccc3O[C@@H](C)C2=O)cc1. The summed E-state index contributed by atoms with van der Waals surface area (Å²) in [6.45, 7) is 2.62. The maximum absolute atomic E-state index is 12.9. The molecule has 2 amide bonds. The Balaban J connectivity index is 1.41. The van der Waals surface area contributed by atoms with E-state index in [0.29, 0.717) is 36.7 Å². The van der Waals surface area contributed by atoms with Crippen molar-refractivity contribution in [3.63, 3.8) is 0 Å². The summed E-state index contributed by atoms with van der Waals surface area (Å²) in [7, 11) is 1.64. The van der Waals surface area contributed by atoms with Crippen LogP contribution in [0.25, 0.3) is 0 Å². The molecule has 1 heterocycles. The molecule has 1 N–H and O–H groups in total. The minimum atomic E-state index is -0.586. The van der Waals surface area contributed by atoms with Crippen LogP contribution in [-0.4, -0.2) is 43.1 Å². The molecule has 0 saturated carbocycles. The van der Waals surface area contributed by atoms with Crippen molar-refractivity contribution in [1.29, 1.82) is 0 Å². The molecule has 7 nitrogen and oxygen atoms in total. The number of benzene rings is 3. The largest absolute Gasteiger partial charge is 0.497 e. The van der Waals surface area contributed by atoms with E-state index < -0.39 is 6.10 Å². The van der Waals surface area contributed by atoms with Crippen LogP contribution in [-0.2, 0) is 22.6 Å². The Morgan fingerprint density at radius 1 is 1.06 bits per heavy atom. The average Bonchev–Trinajstić information content (AvgIpc) is 2.98. The number of nitrogens with zero attached hydrogens (tertiary/aromatic N) is 1. The van der Waals surface area contributed by atoms with E-state index in [0.717, 1.165) is 16.9 Å². The second-order valence-electron chi connectivity index (χ2n) is 8.09. The lowest BCUT2D eigenvalue weighted by molar-refractivity contribution is -0.137. The van der Waals surface area contributed by atoms with Gasteiger partial charge in [-0.25, -0.2) is 0 Å². The first-order valence-corrected chi connectivity index (χ1v) is 11.2. The number of hydrogen-bond donors (Lipinski definition) is 1. The summed E-state index contributed by atoms with van der Waals surface area (Å²) in [6.07, 6.45) is 0.127. The van der Waals surface area contributed by atoms with E-state index in [9.17, 15) is 9.59 Å². The molecule has 0 spiro atoms. The molecule has 0 unspecified atom stereocenters. The molecular formula is C27H28N2O5. The molecule has 34 heavy (non-hydrogen) atoms. The average molecular weight is 461 g/mol. The van der Waals surface area contributed by atoms with Gasteiger partial charge in [-0.3, -0.25) is 9.59 Å². The summed E-state index contributed by atoms with van der Waals surface area (Å²) in [6, 6.07) is 22.4. The molecule has 7 heteroatoms. The van der Waals surface area contributed by atoms with Gasteiger partial charge in [-0.2, -0.15) is 0 Å². The lowest BCUT2D eigenvalue weighted by Crippen LogP contribution is -2.39. The molecule has 0 radical (unpaired) electrons. The van der Waals surface area contributed by atoms with E-state index in [-0.39, 0.29) is 18.4 Å². The van der Waals surface area contributed by atoms with Crippen molar-refractivity contribution in [1.82, 2.24) is 4.90 Å². The van der Waals surface area contributed by atoms with Crippen molar-refractivity contribution in [3.05, 3.63) is 83.9 Å². The first-order valence-electron chi connectivity index (χ1n) is 11.2. The second-order valence-corrected chi connectivity index (χ2v) is 8.09. The summed E-state index contributed by atoms with van der Waals surface area (Å²) in [4.78, 5) is 27.1. The van der Waals surface area contributed by atoms with Gasteiger partial charge in [0, 0.05) is 24.3 Å². The highest BCUT2D eigenvalue weighted by molar-refractivity contribution is 5.92. The fourth-order valence-electron chi connectivity index (χ4n) is 3.79. The Bertz CT molecular complexity index is 1130. The molecule has 0 saturated heterocycles. The van der Waals surface area contributed by atoms with Crippen LogP contribution in [0.1, 0.15) is 18.1 Å². The van der Waals surface area contributed by atoms with Crippen LogP contribution < -0.4 is 19.5 Å². The lowest BCUT2D eigenvalue weighted by atomic mass is 10.1. The number of carbonyl (C=O) groups is 2. The van der Waals surface area contributed by atoms with E-state index in [4.69, 9.17) is 14.2 Å². The number of ether oxygens (including phenoxy) is 3. The Hall–Kier alpha value is -4.00. The van der Waals surface area contributed by atoms with Gasteiger partial charge in [-0.05, 0) is 61.4 Å². The highest BCUT2D eigenvalue weighted by Crippen LogP contribution is 2.29. The Kier molecular flexibility index (Phi) is 7.32. The Morgan fingerprint density at radius 3 is 2.56 bits per heavy atom. The van der Waals surface area contributed by atoms with Gasteiger partial charge in [-0.1, -0.05) is 30.3 Å². The monoisotopic (exact) mass is 460 g/mol. The number of nitrogens with one attached hydrogen (secondary N) is 1. The fraction of sp³-hybridized carbons (Fsp3) is 0.259. The van der Waals surface area contributed by atoms with Crippen molar-refractivity contribution >= 4 is 17.5 Å². The van der Waals surface area contributed by atoms with Crippen molar-refractivity contribution in [2.24, 2.45) is 0 Å². The van der Waals surface area contributed by atoms with E-state index in [1.54, 1.807) is 43.2 Å². The molecule has 1 aliphatic heterocycles. The summed E-state index contributed by atoms with van der Waals surface area (Å²) < 4.78 is 16.6. The maximum Gasteiger partial charge on any atom is 0.263 e. The van der Waals surface area contributed by atoms with E-state index in [2.05, 4.69) is 5.32 Å². The number of amides is 2. The standard InChI is InChI=1S/C27H28N2O5/c1-19-27(31)29(15-14-20-8-11-23(32-2)12-9-20)17-21-16-22(10-13-25(21)34-19)28-26(30)18-33-24-6-4-3-5-7-24/h3-13,16,19H,14-15,17-18H2,1-2H3,(H,28,30)/t19-/m0/s1. The number of carbonyl (C=O) groups excluding carboxylic acids is 2. The second kappa shape index (κ2) is 10.7. The van der Waals surface area contributed by atoms with E-state index in [1.165, 1.54) is 0 Å². The predicted molar refractivity (Wildman–Crippen MR) is 129 cm³/mol. The molecule has 0 aromatic heterocycles. The van der Waals surface area contributed by atoms with Gasteiger partial charge in [-0.15, -0.1) is 0 Å². The minimum absolute atomic E-state index is 0.0634. The zero-order valence-electron chi connectivity index (χ0n) is 19.3. The zero-order chi connectivity index (χ0) is 23.9. The van der Waals surface area contributed by atoms with Crippen molar-refractivity contribution in [3.8, 4) is 17.2 Å². The van der Waals surface area contributed by atoms with Crippen LogP contribution in [0.5, 0.6) is 17.2 Å². The van der Waals surface area contributed by atoms with Crippen molar-refractivity contribution in [2.75, 3.05) is 25.6 Å². The van der Waals surface area contributed by atoms with Gasteiger partial charge in [0.1, 0.15) is 17.2 Å². The number of para-hydroxylation sites is 1. The molecule has 0 bridgehead atoms. The molecule has 3 aromatic carbocycles. The van der Waals surface area contributed by atoms with Crippen molar-refractivity contribution in [2.45, 2.75) is 26.0 Å². The number of hydrogen-bond acceptors (Lipinski definition) is 5. The molecule has 0 fully saturated rings. The number of anilines is 1. The summed E-state index contributed by atoms with van der Waals surface area (Å²) in [5.74, 6) is 1.75. The van der Waals surface area contributed by atoms with Crippen molar-refractivity contribution < 1.29 is 23.8 Å². The van der Waals surface area contributed by atoms with Gasteiger partial charge in [0.05, 0.1) is 7.11 Å². The Morgan fingerprint density at radius 2 is 1.82 bits per heavy atom. The third kappa shape index (κ3) is 5.86. The van der Waals surface area contributed by atoms with Gasteiger partial charge < -0.3 is 24.4 Å². The van der Waals surface area contributed by atoms with Gasteiger partial charge in [0.25, 0.3) is 11.8 Å². The van der Waals surface area contributed by atoms with Crippen LogP contribution in [0.15, 0.2) is 72.8 Å². The highest BCUT2D eigenvalue weighted by Gasteiger charge is 2.27. The van der Waals surface area contributed by atoms with Gasteiger partial charge in [0.2, 0.25) is 0 Å². The molecule has 1 atom stereocenters. The number of rotatable bonds is 8. The van der Waals surface area contributed by atoms with E-state index >= 15 is 0 Å². The third-order valence-electron chi connectivity index (χ3n) is 5.61. The van der Waals surface area contributed by atoms with Crippen LogP contribution in [0.2, 0.25) is 0 Å². The molecule has 176 valence electrons. The minimum Gasteiger partial charge on any atom is -0.497 e. The zero-order valence-corrected chi connectivity index (χ0v) is 19.3. The topological polar surface area (TPSA) is 77.1 Å². The highest BCUT2D eigenvalue weighted by atomic mass is 16.5. The quantitative estimate of drug-likeness (QED) is 0.549. The van der Waals surface area contributed by atoms with Crippen LogP contribution in [0.3, 0.4) is 0 Å². The van der Waals surface area contributed by atoms with E-state index in [1.807, 2.05) is 48.5 Å². The molecule has 0 aliphatic carbocycles. The van der Waals surface area contributed by atoms with Gasteiger partial charge >= 0.3 is 0 Å².